The van der Waals surface area contributed by atoms with Crippen LogP contribution in [0.3, 0.4) is 0 Å². The number of para-hydroxylation sites is 1. The lowest BCUT2D eigenvalue weighted by Gasteiger charge is -2.15. The number of nitrogens with zero attached hydrogens (tertiary/aromatic N) is 2. The zero-order valence-electron chi connectivity index (χ0n) is 20.3. The molecule has 0 radical (unpaired) electrons. The SMILES string of the molecule is COc1cc(-n2nc3c(c2N)c(=O)[nH]c2cc(OCC(O)CO)ccc23)c(C)cc1Oc1ccccc1. The maximum atomic E-state index is 13.0. The van der Waals surface area contributed by atoms with Gasteiger partial charge in [-0.15, -0.1) is 0 Å². The molecule has 0 saturated carbocycles. The van der Waals surface area contributed by atoms with Crippen LogP contribution in [-0.4, -0.2) is 51.4 Å². The average Bonchev–Trinajstić information content (AvgIpc) is 3.25. The molecule has 5 aromatic rings. The first-order valence-corrected chi connectivity index (χ1v) is 11.6. The number of aryl methyl sites for hydroxylation is 1. The van der Waals surface area contributed by atoms with E-state index in [0.717, 1.165) is 5.56 Å². The Labute approximate surface area is 211 Å². The Morgan fingerprint density at radius 2 is 1.86 bits per heavy atom. The van der Waals surface area contributed by atoms with Gasteiger partial charge in [0.15, 0.2) is 11.5 Å². The predicted octanol–water partition coefficient (Wildman–Crippen LogP) is 3.29. The number of anilines is 1. The smallest absolute Gasteiger partial charge is 0.261 e. The Kier molecular flexibility index (Phi) is 6.43. The molecule has 5 rings (SSSR count). The van der Waals surface area contributed by atoms with Crippen molar-refractivity contribution in [3.63, 3.8) is 0 Å². The molecule has 3 aromatic carbocycles. The van der Waals surface area contributed by atoms with Crippen LogP contribution in [0.5, 0.6) is 23.0 Å². The Morgan fingerprint density at radius 1 is 1.08 bits per heavy atom. The monoisotopic (exact) mass is 502 g/mol. The number of H-pyrrole nitrogens is 1. The third kappa shape index (κ3) is 4.55. The minimum atomic E-state index is -1.00. The number of aliphatic hydroxyl groups excluding tert-OH is 2. The maximum absolute atomic E-state index is 13.0. The molecule has 2 heterocycles. The molecule has 0 aliphatic heterocycles. The van der Waals surface area contributed by atoms with Gasteiger partial charge in [-0.05, 0) is 42.8 Å². The highest BCUT2D eigenvalue weighted by atomic mass is 16.5. The lowest BCUT2D eigenvalue weighted by atomic mass is 10.1. The summed E-state index contributed by atoms with van der Waals surface area (Å²) in [6.07, 6.45) is -1.00. The lowest BCUT2D eigenvalue weighted by Crippen LogP contribution is -2.21. The molecule has 0 fully saturated rings. The number of hydrogen-bond donors (Lipinski definition) is 4. The maximum Gasteiger partial charge on any atom is 0.261 e. The van der Waals surface area contributed by atoms with Crippen LogP contribution in [-0.2, 0) is 0 Å². The zero-order chi connectivity index (χ0) is 26.1. The second kappa shape index (κ2) is 9.84. The number of hydrogen-bond acceptors (Lipinski definition) is 8. The third-order valence-corrected chi connectivity index (χ3v) is 5.98. The first-order valence-electron chi connectivity index (χ1n) is 11.6. The molecule has 0 aliphatic rings. The van der Waals surface area contributed by atoms with Gasteiger partial charge in [-0.2, -0.15) is 5.10 Å². The summed E-state index contributed by atoms with van der Waals surface area (Å²) in [5.41, 5.74) is 8.42. The summed E-state index contributed by atoms with van der Waals surface area (Å²) in [6.45, 7) is 1.40. The Bertz CT molecular complexity index is 1640. The number of rotatable bonds is 8. The standard InChI is InChI=1S/C27H26N4O6/c1-15-10-23(37-17-6-4-3-5-7-17)22(35-2)12-21(15)31-26(28)24-25(30-31)19-9-8-18(36-14-16(33)13-32)11-20(19)29-27(24)34/h3-12,16,32-33H,13-14,28H2,1-2H3,(H,29,34). The number of pyridine rings is 1. The molecular weight excluding hydrogens is 476 g/mol. The Balaban J connectivity index is 1.59. The molecule has 0 spiro atoms. The largest absolute Gasteiger partial charge is 0.493 e. The Hall–Kier alpha value is -4.54. The first kappa shape index (κ1) is 24.2. The molecule has 2 aromatic heterocycles. The molecule has 0 aliphatic carbocycles. The van der Waals surface area contributed by atoms with Gasteiger partial charge in [0, 0.05) is 17.5 Å². The minimum Gasteiger partial charge on any atom is -0.493 e. The van der Waals surface area contributed by atoms with Crippen molar-refractivity contribution in [2.75, 3.05) is 26.1 Å². The van der Waals surface area contributed by atoms with Crippen LogP contribution in [0, 0.1) is 6.92 Å². The fourth-order valence-electron chi connectivity index (χ4n) is 4.11. The van der Waals surface area contributed by atoms with E-state index in [-0.39, 0.29) is 17.8 Å². The van der Waals surface area contributed by atoms with Gasteiger partial charge >= 0.3 is 0 Å². The molecule has 10 heteroatoms. The number of nitrogens with one attached hydrogen (secondary N) is 1. The van der Waals surface area contributed by atoms with Crippen LogP contribution >= 0.6 is 0 Å². The van der Waals surface area contributed by atoms with E-state index in [1.807, 2.05) is 43.3 Å². The van der Waals surface area contributed by atoms with E-state index in [4.69, 9.17) is 30.1 Å². The van der Waals surface area contributed by atoms with Crippen molar-refractivity contribution in [1.82, 2.24) is 14.8 Å². The van der Waals surface area contributed by atoms with E-state index >= 15 is 0 Å². The average molecular weight is 503 g/mol. The van der Waals surface area contributed by atoms with Gasteiger partial charge in [0.25, 0.3) is 5.56 Å². The fourth-order valence-corrected chi connectivity index (χ4v) is 4.11. The van der Waals surface area contributed by atoms with Crippen molar-refractivity contribution in [2.24, 2.45) is 0 Å². The highest BCUT2D eigenvalue weighted by Gasteiger charge is 2.20. The highest BCUT2D eigenvalue weighted by Crippen LogP contribution is 2.37. The van der Waals surface area contributed by atoms with Crippen LogP contribution in [0.25, 0.3) is 27.5 Å². The third-order valence-electron chi connectivity index (χ3n) is 5.98. The fraction of sp³-hybridized carbons (Fsp3) is 0.185. The summed E-state index contributed by atoms with van der Waals surface area (Å²) in [4.78, 5) is 15.8. The van der Waals surface area contributed by atoms with E-state index in [1.54, 1.807) is 31.4 Å². The van der Waals surface area contributed by atoms with Gasteiger partial charge < -0.3 is 35.1 Å². The normalized spacial score (nSPS) is 12.1. The summed E-state index contributed by atoms with van der Waals surface area (Å²) >= 11 is 0. The van der Waals surface area contributed by atoms with Crippen LogP contribution in [0.15, 0.2) is 65.5 Å². The molecule has 1 unspecified atom stereocenters. The number of fused-ring (bicyclic) bond motifs is 3. The molecule has 190 valence electrons. The van der Waals surface area contributed by atoms with E-state index in [1.165, 1.54) is 4.68 Å². The summed E-state index contributed by atoms with van der Waals surface area (Å²) in [7, 11) is 1.55. The number of ether oxygens (including phenoxy) is 3. The van der Waals surface area contributed by atoms with Crippen LogP contribution in [0.2, 0.25) is 0 Å². The van der Waals surface area contributed by atoms with Crippen LogP contribution in [0.4, 0.5) is 5.82 Å². The van der Waals surface area contributed by atoms with Crippen LogP contribution < -0.4 is 25.5 Å². The number of aliphatic hydroxyl groups is 2. The Morgan fingerprint density at radius 3 is 2.59 bits per heavy atom. The molecule has 0 bridgehead atoms. The topological polar surface area (TPSA) is 145 Å². The number of aromatic nitrogens is 3. The van der Waals surface area contributed by atoms with Crippen molar-refractivity contribution >= 4 is 27.6 Å². The molecule has 37 heavy (non-hydrogen) atoms. The molecule has 10 nitrogen and oxygen atoms in total. The van der Waals surface area contributed by atoms with Gasteiger partial charge in [-0.1, -0.05) is 18.2 Å². The quantitative estimate of drug-likeness (QED) is 0.253. The van der Waals surface area contributed by atoms with E-state index in [0.29, 0.717) is 45.1 Å². The number of methoxy groups -OCH3 is 1. The summed E-state index contributed by atoms with van der Waals surface area (Å²) in [6, 6.07) is 18.1. The van der Waals surface area contributed by atoms with E-state index in [9.17, 15) is 9.90 Å². The first-order chi connectivity index (χ1) is 17.9. The summed E-state index contributed by atoms with van der Waals surface area (Å²) in [5.74, 6) is 2.30. The van der Waals surface area contributed by atoms with E-state index < -0.39 is 18.3 Å². The summed E-state index contributed by atoms with van der Waals surface area (Å²) < 4.78 is 18.6. The molecular formula is C27H26N4O6. The number of aromatic amines is 1. The van der Waals surface area contributed by atoms with Gasteiger partial charge in [0.2, 0.25) is 0 Å². The number of nitrogen functional groups attached to an aromatic ring is 1. The van der Waals surface area contributed by atoms with Gasteiger partial charge in [0.1, 0.15) is 40.9 Å². The van der Waals surface area contributed by atoms with Crippen molar-refractivity contribution in [2.45, 2.75) is 13.0 Å². The van der Waals surface area contributed by atoms with Gasteiger partial charge in [0.05, 0.1) is 24.9 Å². The van der Waals surface area contributed by atoms with Gasteiger partial charge in [-0.3, -0.25) is 4.79 Å². The second-order valence-electron chi connectivity index (χ2n) is 8.53. The molecule has 0 amide bonds. The lowest BCUT2D eigenvalue weighted by molar-refractivity contribution is 0.0536. The molecule has 0 saturated heterocycles. The van der Waals surface area contributed by atoms with Crippen molar-refractivity contribution in [3.8, 4) is 28.7 Å². The van der Waals surface area contributed by atoms with Crippen molar-refractivity contribution in [3.05, 3.63) is 76.6 Å². The highest BCUT2D eigenvalue weighted by molar-refractivity contribution is 6.07. The van der Waals surface area contributed by atoms with E-state index in [2.05, 4.69) is 4.98 Å². The van der Waals surface area contributed by atoms with Crippen molar-refractivity contribution < 1.29 is 24.4 Å². The predicted molar refractivity (Wildman–Crippen MR) is 140 cm³/mol. The van der Waals surface area contributed by atoms with Crippen molar-refractivity contribution in [1.29, 1.82) is 0 Å². The molecule has 1 atom stereocenters. The minimum absolute atomic E-state index is 0.0822. The number of nitrogens with two attached hydrogens (primary N) is 1. The zero-order valence-corrected chi connectivity index (χ0v) is 20.3. The molecule has 5 N–H and O–H groups in total. The number of benzene rings is 3. The second-order valence-corrected chi connectivity index (χ2v) is 8.53. The van der Waals surface area contributed by atoms with Gasteiger partial charge in [-0.25, -0.2) is 4.68 Å². The van der Waals surface area contributed by atoms with Crippen LogP contribution in [0.1, 0.15) is 5.56 Å². The summed E-state index contributed by atoms with van der Waals surface area (Å²) in [5, 5.41) is 24.1.